The Hall–Kier alpha value is -2.44. The van der Waals surface area contributed by atoms with Gasteiger partial charge in [0, 0.05) is 17.2 Å². The highest BCUT2D eigenvalue weighted by Crippen LogP contribution is 2.45. The fourth-order valence-electron chi connectivity index (χ4n) is 2.40. The van der Waals surface area contributed by atoms with E-state index in [4.69, 9.17) is 17.3 Å². The average Bonchev–Trinajstić information content (AvgIpc) is 2.73. The highest BCUT2D eigenvalue weighted by Gasteiger charge is 2.28. The minimum atomic E-state index is -1.82. The van der Waals surface area contributed by atoms with Crippen molar-refractivity contribution in [2.24, 2.45) is 0 Å². The molecular formula is C16H11ClN2O3S. The zero-order valence-electron chi connectivity index (χ0n) is 11.7. The molecule has 7 heteroatoms. The molecule has 0 saturated heterocycles. The molecule has 2 aliphatic carbocycles. The second-order valence-corrected chi connectivity index (χ2v) is 6.55. The Labute approximate surface area is 139 Å². The van der Waals surface area contributed by atoms with Crippen LogP contribution in [0.3, 0.4) is 0 Å². The number of para-hydroxylation sites is 1. The molecule has 1 aromatic rings. The molecule has 2 aliphatic rings. The van der Waals surface area contributed by atoms with Crippen LogP contribution >= 0.6 is 11.6 Å². The average molecular weight is 347 g/mol. The number of rotatable bonds is 3. The van der Waals surface area contributed by atoms with E-state index in [-0.39, 0.29) is 16.3 Å². The lowest BCUT2D eigenvalue weighted by atomic mass is 10.2. The van der Waals surface area contributed by atoms with Crippen LogP contribution in [-0.4, -0.2) is 9.13 Å². The summed E-state index contributed by atoms with van der Waals surface area (Å²) in [6.07, 6.45) is 0. The molecule has 1 unspecified atom stereocenters. The molecule has 0 aromatic heterocycles. The van der Waals surface area contributed by atoms with Crippen LogP contribution in [0.4, 0.5) is 11.4 Å². The van der Waals surface area contributed by atoms with Gasteiger partial charge in [-0.25, -0.2) is 4.21 Å². The van der Waals surface area contributed by atoms with Gasteiger partial charge in [0.25, 0.3) is 5.69 Å². The number of benzene rings is 1. The second kappa shape index (κ2) is 5.98. The number of nitrogen functional groups attached to an aromatic ring is 1. The third-order valence-electron chi connectivity index (χ3n) is 3.45. The van der Waals surface area contributed by atoms with Gasteiger partial charge in [0.1, 0.15) is 4.90 Å². The molecule has 1 atom stereocenters. The molecule has 5 nitrogen and oxygen atoms in total. The molecule has 0 amide bonds. The van der Waals surface area contributed by atoms with Crippen molar-refractivity contribution in [3.05, 3.63) is 69.7 Å². The van der Waals surface area contributed by atoms with Crippen molar-refractivity contribution >= 4 is 33.8 Å². The van der Waals surface area contributed by atoms with E-state index in [9.17, 15) is 14.3 Å². The standard InChI is InChI=1S/C16H11ClN2O3S/c17-14-10-6-2-1-3-7-11(10)16(15(14)18)23(22)13-9-5-4-8-12(13)19(20)21/h1-9H,18H2. The summed E-state index contributed by atoms with van der Waals surface area (Å²) in [5.74, 6) is 0. The van der Waals surface area contributed by atoms with Gasteiger partial charge in [0.05, 0.1) is 31.3 Å². The van der Waals surface area contributed by atoms with E-state index < -0.39 is 15.7 Å². The van der Waals surface area contributed by atoms with Crippen LogP contribution in [0.5, 0.6) is 0 Å². The van der Waals surface area contributed by atoms with Crippen molar-refractivity contribution in [1.82, 2.24) is 0 Å². The zero-order chi connectivity index (χ0) is 16.6. The van der Waals surface area contributed by atoms with Crippen LogP contribution in [0.1, 0.15) is 0 Å². The highest BCUT2D eigenvalue weighted by atomic mass is 35.5. The van der Waals surface area contributed by atoms with E-state index in [1.54, 1.807) is 30.3 Å². The maximum atomic E-state index is 13.0. The topological polar surface area (TPSA) is 86.2 Å². The van der Waals surface area contributed by atoms with Crippen molar-refractivity contribution in [2.45, 2.75) is 9.79 Å². The van der Waals surface area contributed by atoms with Gasteiger partial charge in [0.15, 0.2) is 0 Å². The van der Waals surface area contributed by atoms with Gasteiger partial charge in [-0.1, -0.05) is 54.1 Å². The number of hydrogen-bond acceptors (Lipinski definition) is 4. The van der Waals surface area contributed by atoms with Crippen molar-refractivity contribution in [3.8, 4) is 11.1 Å². The first-order valence-electron chi connectivity index (χ1n) is 6.63. The zero-order valence-corrected chi connectivity index (χ0v) is 13.3. The van der Waals surface area contributed by atoms with Crippen molar-refractivity contribution < 1.29 is 9.13 Å². The SMILES string of the molecule is Nc1c(Cl)c2cccccc-2c1S(=O)c1ccccc1[N+](=O)[O-]. The Morgan fingerprint density at radius 2 is 1.61 bits per heavy atom. The van der Waals surface area contributed by atoms with Gasteiger partial charge < -0.3 is 5.73 Å². The molecular weight excluding hydrogens is 336 g/mol. The number of anilines is 1. The minimum absolute atomic E-state index is 0.0965. The number of hydrogen-bond donors (Lipinski definition) is 1. The summed E-state index contributed by atoms with van der Waals surface area (Å²) in [5.41, 5.74) is 7.28. The molecule has 116 valence electrons. The molecule has 3 rings (SSSR count). The van der Waals surface area contributed by atoms with Crippen LogP contribution in [0.2, 0.25) is 5.02 Å². The summed E-state index contributed by atoms with van der Waals surface area (Å²) in [7, 11) is -1.82. The van der Waals surface area contributed by atoms with Gasteiger partial charge in [0.2, 0.25) is 0 Å². The predicted octanol–water partition coefficient (Wildman–Crippen LogP) is 4.10. The summed E-state index contributed by atoms with van der Waals surface area (Å²) in [6.45, 7) is 0. The first-order chi connectivity index (χ1) is 11.0. The molecule has 23 heavy (non-hydrogen) atoms. The Morgan fingerprint density at radius 3 is 2.30 bits per heavy atom. The Kier molecular flexibility index (Phi) is 4.02. The van der Waals surface area contributed by atoms with Crippen LogP contribution < -0.4 is 5.73 Å². The summed E-state index contributed by atoms with van der Waals surface area (Å²) in [4.78, 5) is 11.0. The van der Waals surface area contributed by atoms with Gasteiger partial charge in [-0.3, -0.25) is 10.1 Å². The fraction of sp³-hybridized carbons (Fsp3) is 0. The normalized spacial score (nSPS) is 12.2. The van der Waals surface area contributed by atoms with Gasteiger partial charge in [-0.15, -0.1) is 0 Å². The van der Waals surface area contributed by atoms with Crippen molar-refractivity contribution in [1.29, 1.82) is 0 Å². The molecule has 2 N–H and O–H groups in total. The number of nitrogens with zero attached hydrogens (tertiary/aromatic N) is 1. The lowest BCUT2D eigenvalue weighted by molar-refractivity contribution is -0.387. The van der Waals surface area contributed by atoms with E-state index >= 15 is 0 Å². The third kappa shape index (κ3) is 2.56. The molecule has 0 aliphatic heterocycles. The number of nitro benzene ring substituents is 1. The molecule has 0 heterocycles. The summed E-state index contributed by atoms with van der Waals surface area (Å²) < 4.78 is 13.0. The Bertz CT molecular complexity index is 914. The largest absolute Gasteiger partial charge is 0.396 e. The summed E-state index contributed by atoms with van der Waals surface area (Å²) in [5, 5.41) is 11.5. The summed E-state index contributed by atoms with van der Waals surface area (Å²) >= 11 is 6.25. The highest BCUT2D eigenvalue weighted by molar-refractivity contribution is 7.85. The van der Waals surface area contributed by atoms with Crippen molar-refractivity contribution in [3.63, 3.8) is 0 Å². The molecule has 0 spiro atoms. The number of halogens is 1. The number of nitro groups is 1. The third-order valence-corrected chi connectivity index (χ3v) is 5.41. The predicted molar refractivity (Wildman–Crippen MR) is 90.3 cm³/mol. The van der Waals surface area contributed by atoms with E-state index in [0.29, 0.717) is 21.0 Å². The Balaban J connectivity index is 2.26. The number of nitrogens with two attached hydrogens (primary N) is 1. The molecule has 0 saturated carbocycles. The van der Waals surface area contributed by atoms with E-state index in [2.05, 4.69) is 0 Å². The molecule has 0 fully saturated rings. The van der Waals surface area contributed by atoms with Gasteiger partial charge >= 0.3 is 0 Å². The molecule has 0 radical (unpaired) electrons. The molecule has 0 bridgehead atoms. The summed E-state index contributed by atoms with van der Waals surface area (Å²) in [6, 6.07) is 14.8. The fourth-order valence-corrected chi connectivity index (χ4v) is 4.15. The maximum absolute atomic E-state index is 13.0. The van der Waals surface area contributed by atoms with E-state index in [1.807, 2.05) is 6.07 Å². The number of fused-ring (bicyclic) bond motifs is 1. The van der Waals surface area contributed by atoms with Crippen LogP contribution in [-0.2, 0) is 10.8 Å². The smallest absolute Gasteiger partial charge is 0.285 e. The lowest BCUT2D eigenvalue weighted by Gasteiger charge is -2.05. The second-order valence-electron chi connectivity index (χ2n) is 4.79. The monoisotopic (exact) mass is 346 g/mol. The maximum Gasteiger partial charge on any atom is 0.285 e. The quantitative estimate of drug-likeness (QED) is 0.571. The minimum Gasteiger partial charge on any atom is -0.396 e. The van der Waals surface area contributed by atoms with Crippen LogP contribution in [0.15, 0.2) is 64.4 Å². The van der Waals surface area contributed by atoms with Crippen LogP contribution in [0.25, 0.3) is 11.1 Å². The molecule has 1 aromatic carbocycles. The van der Waals surface area contributed by atoms with Gasteiger partial charge in [-0.05, 0) is 6.07 Å². The van der Waals surface area contributed by atoms with Crippen LogP contribution in [0, 0.1) is 10.1 Å². The van der Waals surface area contributed by atoms with Gasteiger partial charge in [-0.2, -0.15) is 0 Å². The first-order valence-corrected chi connectivity index (χ1v) is 8.16. The van der Waals surface area contributed by atoms with Crippen molar-refractivity contribution in [2.75, 3.05) is 5.73 Å². The first kappa shape index (κ1) is 15.5. The lowest BCUT2D eigenvalue weighted by Crippen LogP contribution is -2.01. The van der Waals surface area contributed by atoms with E-state index in [0.717, 1.165) is 0 Å². The Morgan fingerprint density at radius 1 is 1.00 bits per heavy atom. The van der Waals surface area contributed by atoms with E-state index in [1.165, 1.54) is 18.2 Å².